The van der Waals surface area contributed by atoms with Gasteiger partial charge in [0.05, 0.1) is 29.5 Å². The number of anilines is 1. The molecule has 0 fully saturated rings. The van der Waals surface area contributed by atoms with Crippen LogP contribution in [0, 0.1) is 0 Å². The minimum atomic E-state index is -0.358. The summed E-state index contributed by atoms with van der Waals surface area (Å²) in [6.07, 6.45) is 0.684. The summed E-state index contributed by atoms with van der Waals surface area (Å²) in [5.74, 6) is 1.07. The number of thioether (sulfide) groups is 1. The van der Waals surface area contributed by atoms with E-state index in [9.17, 15) is 9.59 Å². The van der Waals surface area contributed by atoms with E-state index < -0.39 is 0 Å². The van der Waals surface area contributed by atoms with Crippen molar-refractivity contribution in [2.24, 2.45) is 0 Å². The van der Waals surface area contributed by atoms with Gasteiger partial charge in [-0.25, -0.2) is 4.68 Å². The van der Waals surface area contributed by atoms with E-state index in [-0.39, 0.29) is 34.8 Å². The van der Waals surface area contributed by atoms with Crippen molar-refractivity contribution in [3.63, 3.8) is 0 Å². The van der Waals surface area contributed by atoms with Crippen LogP contribution in [0.15, 0.2) is 48.5 Å². The van der Waals surface area contributed by atoms with E-state index in [1.807, 2.05) is 48.5 Å². The first kappa shape index (κ1) is 29.0. The third-order valence-electron chi connectivity index (χ3n) is 6.45. The number of amides is 2. The molecule has 0 spiro atoms. The van der Waals surface area contributed by atoms with Crippen LogP contribution >= 0.6 is 23.4 Å². The molecular weight excluding hydrogens is 536 g/mol. The summed E-state index contributed by atoms with van der Waals surface area (Å²) in [6.45, 7) is 7.18. The first-order chi connectivity index (χ1) is 18.7. The molecule has 2 amide bonds. The van der Waals surface area contributed by atoms with Crippen LogP contribution in [0.4, 0.5) is 5.82 Å². The first-order valence-corrected chi connectivity index (χ1v) is 14.3. The van der Waals surface area contributed by atoms with Gasteiger partial charge in [-0.1, -0.05) is 50.6 Å². The molecule has 3 aromatic rings. The quantitative estimate of drug-likeness (QED) is 0.358. The predicted molar refractivity (Wildman–Crippen MR) is 156 cm³/mol. The number of hydrogen-bond donors (Lipinski definition) is 1. The predicted octanol–water partition coefficient (Wildman–Crippen LogP) is 5.15. The zero-order chi connectivity index (χ0) is 28.2. The van der Waals surface area contributed by atoms with Gasteiger partial charge in [0, 0.05) is 36.3 Å². The molecule has 1 aliphatic heterocycles. The number of rotatable bonds is 9. The summed E-state index contributed by atoms with van der Waals surface area (Å²) >= 11 is 8.22. The smallest absolute Gasteiger partial charge is 0.240 e. The summed E-state index contributed by atoms with van der Waals surface area (Å²) in [7, 11) is 3.24. The van der Waals surface area contributed by atoms with Crippen LogP contribution < -0.4 is 15.0 Å². The third kappa shape index (κ3) is 6.42. The number of carbonyl (C=O) groups is 2. The van der Waals surface area contributed by atoms with Gasteiger partial charge in [0.2, 0.25) is 11.8 Å². The Bertz CT molecular complexity index is 1320. The van der Waals surface area contributed by atoms with Crippen molar-refractivity contribution in [3.05, 3.63) is 70.4 Å². The maximum absolute atomic E-state index is 13.7. The second kappa shape index (κ2) is 12.4. The van der Waals surface area contributed by atoms with Crippen molar-refractivity contribution in [2.75, 3.05) is 44.6 Å². The van der Waals surface area contributed by atoms with Gasteiger partial charge < -0.3 is 14.8 Å². The van der Waals surface area contributed by atoms with Crippen LogP contribution in [0.3, 0.4) is 0 Å². The number of nitrogens with one attached hydrogen (secondary N) is 1. The highest BCUT2D eigenvalue weighted by Crippen LogP contribution is 2.49. The molecular formula is C29H35ClN4O4S. The average Bonchev–Trinajstić information content (AvgIpc) is 3.25. The number of halogens is 1. The van der Waals surface area contributed by atoms with E-state index in [1.54, 1.807) is 23.8 Å². The molecule has 0 bridgehead atoms. The standard InChI is InChI=1S/C29H35ClN4O4S/c1-29(2,3)27-25-26(21-9-6-7-10-22(21)30)39-18-24(36)33(17-23(35)31-15-8-16-37-4)28(25)34(32-27)19-11-13-20(38-5)14-12-19/h6-7,9-14,26H,8,15-18H2,1-5H3,(H,31,35)/t26-/m0/s1. The molecule has 39 heavy (non-hydrogen) atoms. The number of nitrogens with zero attached hydrogens (tertiary/aromatic N) is 3. The second-order valence-electron chi connectivity index (χ2n) is 10.3. The highest BCUT2D eigenvalue weighted by molar-refractivity contribution is 8.00. The Hall–Kier alpha value is -3.01. The van der Waals surface area contributed by atoms with Crippen molar-refractivity contribution >= 4 is 41.0 Å². The van der Waals surface area contributed by atoms with Crippen molar-refractivity contribution in [1.82, 2.24) is 15.1 Å². The minimum Gasteiger partial charge on any atom is -0.497 e. The molecule has 4 rings (SSSR count). The molecule has 10 heteroatoms. The van der Waals surface area contributed by atoms with Crippen molar-refractivity contribution in [1.29, 1.82) is 0 Å². The van der Waals surface area contributed by atoms with Crippen LogP contribution in [-0.4, -0.2) is 61.3 Å². The molecule has 8 nitrogen and oxygen atoms in total. The Balaban J connectivity index is 1.91. The summed E-state index contributed by atoms with van der Waals surface area (Å²) in [5.41, 5.74) is 3.03. The van der Waals surface area contributed by atoms with Crippen molar-refractivity contribution in [3.8, 4) is 11.4 Å². The molecule has 0 saturated heterocycles. The van der Waals surface area contributed by atoms with Crippen LogP contribution in [0.2, 0.25) is 5.02 Å². The topological polar surface area (TPSA) is 85.7 Å². The van der Waals surface area contributed by atoms with Crippen LogP contribution in [0.25, 0.3) is 5.69 Å². The molecule has 2 aromatic carbocycles. The number of hydrogen-bond acceptors (Lipinski definition) is 6. The fraction of sp³-hybridized carbons (Fsp3) is 0.414. The first-order valence-electron chi connectivity index (χ1n) is 12.9. The van der Waals surface area contributed by atoms with Gasteiger partial charge in [-0.15, -0.1) is 11.8 Å². The van der Waals surface area contributed by atoms with Gasteiger partial charge in [0.1, 0.15) is 18.1 Å². The Morgan fingerprint density at radius 3 is 2.51 bits per heavy atom. The number of ether oxygens (including phenoxy) is 2. The van der Waals surface area contributed by atoms with Gasteiger partial charge in [-0.05, 0) is 42.3 Å². The normalized spacial score (nSPS) is 15.6. The Morgan fingerprint density at radius 2 is 1.87 bits per heavy atom. The van der Waals surface area contributed by atoms with E-state index in [0.717, 1.165) is 22.5 Å². The molecule has 0 saturated carbocycles. The van der Waals surface area contributed by atoms with Crippen molar-refractivity contribution in [2.45, 2.75) is 37.9 Å². The number of benzene rings is 2. The van der Waals surface area contributed by atoms with Crippen LogP contribution in [-0.2, 0) is 19.7 Å². The average molecular weight is 571 g/mol. The highest BCUT2D eigenvalue weighted by Gasteiger charge is 2.40. The summed E-state index contributed by atoms with van der Waals surface area (Å²) in [5, 5.41) is 8.37. The second-order valence-corrected chi connectivity index (χ2v) is 11.8. The third-order valence-corrected chi connectivity index (χ3v) is 8.03. The fourth-order valence-electron chi connectivity index (χ4n) is 4.55. The fourth-order valence-corrected chi connectivity index (χ4v) is 6.10. The summed E-state index contributed by atoms with van der Waals surface area (Å²) in [6, 6.07) is 15.2. The number of aromatic nitrogens is 2. The van der Waals surface area contributed by atoms with Gasteiger partial charge in [0.25, 0.3) is 0 Å². The van der Waals surface area contributed by atoms with E-state index >= 15 is 0 Å². The number of carbonyl (C=O) groups excluding carboxylic acids is 2. The maximum atomic E-state index is 13.7. The molecule has 0 aliphatic carbocycles. The molecule has 208 valence electrons. The van der Waals surface area contributed by atoms with Gasteiger partial charge in [0.15, 0.2) is 0 Å². The molecule has 1 atom stereocenters. The van der Waals surface area contributed by atoms with Gasteiger partial charge in [-0.2, -0.15) is 5.10 Å². The van der Waals surface area contributed by atoms with Gasteiger partial charge >= 0.3 is 0 Å². The summed E-state index contributed by atoms with van der Waals surface area (Å²) < 4.78 is 12.2. The van der Waals surface area contributed by atoms with E-state index in [4.69, 9.17) is 26.2 Å². The van der Waals surface area contributed by atoms with Crippen LogP contribution in [0.5, 0.6) is 5.75 Å². The van der Waals surface area contributed by atoms with E-state index in [0.29, 0.717) is 36.2 Å². The molecule has 0 radical (unpaired) electrons. The molecule has 1 aromatic heterocycles. The minimum absolute atomic E-state index is 0.125. The SMILES string of the molecule is COCCCNC(=O)CN1C(=O)CS[C@@H](c2ccccc2Cl)c2c(C(C)(C)C)nn(-c3ccc(OC)cc3)c21. The lowest BCUT2D eigenvalue weighted by Gasteiger charge is -2.25. The lowest BCUT2D eigenvalue weighted by atomic mass is 9.87. The maximum Gasteiger partial charge on any atom is 0.240 e. The zero-order valence-corrected chi connectivity index (χ0v) is 24.6. The lowest BCUT2D eigenvalue weighted by Crippen LogP contribution is -2.42. The Labute approximate surface area is 239 Å². The molecule has 2 heterocycles. The summed E-state index contributed by atoms with van der Waals surface area (Å²) in [4.78, 5) is 28.3. The number of fused-ring (bicyclic) bond motifs is 1. The largest absolute Gasteiger partial charge is 0.497 e. The molecule has 1 aliphatic rings. The highest BCUT2D eigenvalue weighted by atomic mass is 35.5. The zero-order valence-electron chi connectivity index (χ0n) is 23.0. The monoisotopic (exact) mass is 570 g/mol. The van der Waals surface area contributed by atoms with Crippen molar-refractivity contribution < 1.29 is 19.1 Å². The molecule has 0 unspecified atom stereocenters. The van der Waals surface area contributed by atoms with Crippen LogP contribution in [0.1, 0.15) is 49.3 Å². The van der Waals surface area contributed by atoms with E-state index in [1.165, 1.54) is 11.8 Å². The van der Waals surface area contributed by atoms with Gasteiger partial charge in [-0.3, -0.25) is 14.5 Å². The van der Waals surface area contributed by atoms with E-state index in [2.05, 4.69) is 26.1 Å². The Morgan fingerprint density at radius 1 is 1.15 bits per heavy atom. The lowest BCUT2D eigenvalue weighted by molar-refractivity contribution is -0.122. The Kier molecular flexibility index (Phi) is 9.25. The number of methoxy groups -OCH3 is 2. The molecule has 1 N–H and O–H groups in total.